The van der Waals surface area contributed by atoms with Crippen molar-refractivity contribution in [2.24, 2.45) is 0 Å². The van der Waals surface area contributed by atoms with Gasteiger partial charge in [0.25, 0.3) is 0 Å². The van der Waals surface area contributed by atoms with Crippen LogP contribution in [0.1, 0.15) is 12.8 Å². The van der Waals surface area contributed by atoms with Crippen molar-refractivity contribution in [3.63, 3.8) is 0 Å². The third kappa shape index (κ3) is 1.42. The number of rotatable bonds is 0. The Morgan fingerprint density at radius 2 is 2.44 bits per heavy atom. The SMILES string of the molecule is CN1C[C@H](O)CCC1=O. The molecule has 1 N–H and O–H groups in total. The molecule has 0 aromatic carbocycles. The van der Waals surface area contributed by atoms with E-state index in [0.29, 0.717) is 19.4 Å². The van der Waals surface area contributed by atoms with E-state index in [-0.39, 0.29) is 12.0 Å². The number of hydrogen-bond acceptors (Lipinski definition) is 2. The Labute approximate surface area is 54.3 Å². The van der Waals surface area contributed by atoms with Gasteiger partial charge in [0, 0.05) is 20.0 Å². The standard InChI is InChI=1S/C6H11NO2/c1-7-4-5(8)2-3-6(7)9/h5,8H,2-4H2,1H3/t5-/m1/s1. The largest absolute Gasteiger partial charge is 0.391 e. The first-order chi connectivity index (χ1) is 4.20. The molecule has 1 atom stereocenters. The van der Waals surface area contributed by atoms with Gasteiger partial charge in [-0.1, -0.05) is 0 Å². The van der Waals surface area contributed by atoms with Gasteiger partial charge in [-0.2, -0.15) is 0 Å². The van der Waals surface area contributed by atoms with Gasteiger partial charge in [-0.15, -0.1) is 0 Å². The van der Waals surface area contributed by atoms with E-state index in [0.717, 1.165) is 0 Å². The molecular weight excluding hydrogens is 118 g/mol. The number of carbonyl (C=O) groups is 1. The normalized spacial score (nSPS) is 28.9. The minimum absolute atomic E-state index is 0.139. The second kappa shape index (κ2) is 2.35. The van der Waals surface area contributed by atoms with Crippen molar-refractivity contribution < 1.29 is 9.90 Å². The molecule has 52 valence electrons. The van der Waals surface area contributed by atoms with E-state index in [1.807, 2.05) is 0 Å². The van der Waals surface area contributed by atoms with Crippen molar-refractivity contribution in [3.05, 3.63) is 0 Å². The van der Waals surface area contributed by atoms with Crippen LogP contribution in [0.3, 0.4) is 0 Å². The molecule has 1 saturated heterocycles. The van der Waals surface area contributed by atoms with Gasteiger partial charge in [0.15, 0.2) is 0 Å². The highest BCUT2D eigenvalue weighted by Crippen LogP contribution is 2.08. The van der Waals surface area contributed by atoms with Crippen LogP contribution < -0.4 is 0 Å². The number of piperidine rings is 1. The molecular formula is C6H11NO2. The highest BCUT2D eigenvalue weighted by atomic mass is 16.3. The van der Waals surface area contributed by atoms with Crippen molar-refractivity contribution in [1.82, 2.24) is 4.90 Å². The van der Waals surface area contributed by atoms with Crippen LogP contribution in [-0.4, -0.2) is 35.6 Å². The second-order valence-electron chi connectivity index (χ2n) is 2.47. The Hall–Kier alpha value is -0.570. The van der Waals surface area contributed by atoms with Crippen LogP contribution in [0.15, 0.2) is 0 Å². The Balaban J connectivity index is 2.44. The summed E-state index contributed by atoms with van der Waals surface area (Å²) in [6.45, 7) is 0.499. The molecule has 0 radical (unpaired) electrons. The summed E-state index contributed by atoms with van der Waals surface area (Å²) in [5.41, 5.74) is 0. The van der Waals surface area contributed by atoms with E-state index in [4.69, 9.17) is 5.11 Å². The van der Waals surface area contributed by atoms with Gasteiger partial charge in [-0.05, 0) is 6.42 Å². The predicted octanol–water partition coefficient (Wildman–Crippen LogP) is -0.401. The zero-order valence-corrected chi connectivity index (χ0v) is 5.50. The lowest BCUT2D eigenvalue weighted by atomic mass is 10.1. The number of likely N-dealkylation sites (tertiary alicyclic amines) is 1. The maximum atomic E-state index is 10.8. The number of β-amino-alcohol motifs (C(OH)–C–C–N with tert-alkyl or cyclic N) is 1. The molecule has 1 aliphatic rings. The molecule has 0 aliphatic carbocycles. The summed E-state index contributed by atoms with van der Waals surface area (Å²) in [4.78, 5) is 12.3. The van der Waals surface area contributed by atoms with Crippen LogP contribution in [0.25, 0.3) is 0 Å². The third-order valence-electron chi connectivity index (χ3n) is 1.60. The van der Waals surface area contributed by atoms with E-state index < -0.39 is 0 Å². The zero-order chi connectivity index (χ0) is 6.85. The molecule has 9 heavy (non-hydrogen) atoms. The first-order valence-electron chi connectivity index (χ1n) is 3.12. The van der Waals surface area contributed by atoms with Crippen LogP contribution in [0, 0.1) is 0 Å². The number of aliphatic hydroxyl groups excluding tert-OH is 1. The van der Waals surface area contributed by atoms with Crippen LogP contribution in [0.5, 0.6) is 0 Å². The first kappa shape index (κ1) is 6.55. The molecule has 3 heteroatoms. The first-order valence-corrected chi connectivity index (χ1v) is 3.12. The van der Waals surface area contributed by atoms with Crippen molar-refractivity contribution >= 4 is 5.91 Å². The smallest absolute Gasteiger partial charge is 0.222 e. The summed E-state index contributed by atoms with van der Waals surface area (Å²) in [6.07, 6.45) is 0.827. The lowest BCUT2D eigenvalue weighted by Gasteiger charge is -2.25. The van der Waals surface area contributed by atoms with Gasteiger partial charge in [-0.25, -0.2) is 0 Å². The number of carbonyl (C=O) groups excluding carboxylic acids is 1. The third-order valence-corrected chi connectivity index (χ3v) is 1.60. The fourth-order valence-corrected chi connectivity index (χ4v) is 0.990. The fourth-order valence-electron chi connectivity index (χ4n) is 0.990. The van der Waals surface area contributed by atoms with E-state index in [9.17, 15) is 4.79 Å². The average Bonchev–Trinajstić information content (AvgIpc) is 1.80. The molecule has 0 spiro atoms. The van der Waals surface area contributed by atoms with Gasteiger partial charge >= 0.3 is 0 Å². The maximum absolute atomic E-state index is 10.8. The Bertz CT molecular complexity index is 124. The van der Waals surface area contributed by atoms with Gasteiger partial charge in [-0.3, -0.25) is 4.79 Å². The monoisotopic (exact) mass is 129 g/mol. The molecule has 1 heterocycles. The Kier molecular flexibility index (Phi) is 1.71. The van der Waals surface area contributed by atoms with Crippen LogP contribution in [0.4, 0.5) is 0 Å². The second-order valence-corrected chi connectivity index (χ2v) is 2.47. The number of aliphatic hydroxyl groups is 1. The van der Waals surface area contributed by atoms with Crippen molar-refractivity contribution in [2.45, 2.75) is 18.9 Å². The average molecular weight is 129 g/mol. The van der Waals surface area contributed by atoms with Gasteiger partial charge in [0.05, 0.1) is 6.10 Å². The summed E-state index contributed by atoms with van der Waals surface area (Å²) in [6, 6.07) is 0. The molecule has 1 rings (SSSR count). The summed E-state index contributed by atoms with van der Waals surface area (Å²) in [5, 5.41) is 9.00. The van der Waals surface area contributed by atoms with Crippen LogP contribution in [-0.2, 0) is 4.79 Å². The Morgan fingerprint density at radius 1 is 1.78 bits per heavy atom. The lowest BCUT2D eigenvalue weighted by Crippen LogP contribution is -2.39. The lowest BCUT2D eigenvalue weighted by molar-refractivity contribution is -0.134. The highest BCUT2D eigenvalue weighted by molar-refractivity contribution is 5.76. The molecule has 0 aromatic heterocycles. The van der Waals surface area contributed by atoms with Gasteiger partial charge in [0.1, 0.15) is 0 Å². The summed E-state index contributed by atoms with van der Waals surface area (Å²) >= 11 is 0. The molecule has 1 aliphatic heterocycles. The molecule has 3 nitrogen and oxygen atoms in total. The minimum atomic E-state index is -0.298. The van der Waals surface area contributed by atoms with Crippen molar-refractivity contribution in [2.75, 3.05) is 13.6 Å². The quantitative estimate of drug-likeness (QED) is 0.483. The number of hydrogen-bond donors (Lipinski definition) is 1. The zero-order valence-electron chi connectivity index (χ0n) is 5.50. The summed E-state index contributed by atoms with van der Waals surface area (Å²) < 4.78 is 0. The summed E-state index contributed by atoms with van der Waals surface area (Å²) in [7, 11) is 1.71. The fraction of sp³-hybridized carbons (Fsp3) is 0.833. The topological polar surface area (TPSA) is 40.5 Å². The minimum Gasteiger partial charge on any atom is -0.391 e. The highest BCUT2D eigenvalue weighted by Gasteiger charge is 2.19. The summed E-state index contributed by atoms with van der Waals surface area (Å²) in [5.74, 6) is 0.139. The van der Waals surface area contributed by atoms with Crippen LogP contribution in [0.2, 0.25) is 0 Å². The van der Waals surface area contributed by atoms with E-state index in [1.54, 1.807) is 11.9 Å². The van der Waals surface area contributed by atoms with E-state index in [1.165, 1.54) is 0 Å². The van der Waals surface area contributed by atoms with Gasteiger partial charge in [0.2, 0.25) is 5.91 Å². The number of amides is 1. The molecule has 0 saturated carbocycles. The molecule has 1 amide bonds. The van der Waals surface area contributed by atoms with E-state index in [2.05, 4.69) is 0 Å². The maximum Gasteiger partial charge on any atom is 0.222 e. The molecule has 0 aromatic rings. The molecule has 1 fully saturated rings. The van der Waals surface area contributed by atoms with Crippen molar-refractivity contribution in [3.8, 4) is 0 Å². The molecule has 0 unspecified atom stereocenters. The Morgan fingerprint density at radius 3 is 2.89 bits per heavy atom. The van der Waals surface area contributed by atoms with E-state index >= 15 is 0 Å². The van der Waals surface area contributed by atoms with Crippen LogP contribution >= 0.6 is 0 Å². The molecule has 0 bridgehead atoms. The predicted molar refractivity (Wildman–Crippen MR) is 32.9 cm³/mol. The number of nitrogens with zero attached hydrogens (tertiary/aromatic N) is 1. The number of likely N-dealkylation sites (N-methyl/N-ethyl adjacent to an activating group) is 1. The van der Waals surface area contributed by atoms with Gasteiger partial charge < -0.3 is 10.0 Å². The van der Waals surface area contributed by atoms with Crippen molar-refractivity contribution in [1.29, 1.82) is 0 Å².